The summed E-state index contributed by atoms with van der Waals surface area (Å²) in [6.07, 6.45) is 7.81. The molecule has 1 fully saturated rings. The zero-order valence-electron chi connectivity index (χ0n) is 15.4. The van der Waals surface area contributed by atoms with Gasteiger partial charge in [0.2, 0.25) is 11.7 Å². The molecule has 0 unspecified atom stereocenters. The van der Waals surface area contributed by atoms with E-state index in [4.69, 9.17) is 4.52 Å². The third kappa shape index (κ3) is 4.58. The van der Waals surface area contributed by atoms with Crippen molar-refractivity contribution >= 4 is 5.91 Å². The molecule has 2 N–H and O–H groups in total. The molecule has 28 heavy (non-hydrogen) atoms. The smallest absolute Gasteiger partial charge is 0.273 e. The summed E-state index contributed by atoms with van der Waals surface area (Å²) in [5.41, 5.74) is 1.09. The molecule has 3 aromatic heterocycles. The first-order valence-electron chi connectivity index (χ1n) is 9.40. The van der Waals surface area contributed by atoms with Crippen LogP contribution in [0, 0.1) is 5.92 Å². The van der Waals surface area contributed by atoms with Crippen LogP contribution in [-0.2, 0) is 13.0 Å². The molecule has 1 aliphatic heterocycles. The number of nitrogens with zero attached hydrogens (tertiary/aromatic N) is 6. The first-order valence-corrected chi connectivity index (χ1v) is 9.40. The first kappa shape index (κ1) is 18.2. The highest BCUT2D eigenvalue weighted by atomic mass is 16.5. The Kier molecular flexibility index (Phi) is 5.66. The average molecular weight is 382 g/mol. The van der Waals surface area contributed by atoms with E-state index in [2.05, 4.69) is 36.1 Å². The van der Waals surface area contributed by atoms with Crippen molar-refractivity contribution in [1.82, 2.24) is 40.8 Å². The highest BCUT2D eigenvalue weighted by Gasteiger charge is 2.16. The Morgan fingerprint density at radius 2 is 2.39 bits per heavy atom. The largest absolute Gasteiger partial charge is 0.350 e. The fraction of sp³-hybridized carbons (Fsp3) is 0.444. The van der Waals surface area contributed by atoms with Crippen molar-refractivity contribution in [3.8, 4) is 11.4 Å². The Morgan fingerprint density at radius 3 is 3.21 bits per heavy atom. The number of aromatic nitrogens is 6. The normalized spacial score (nSPS) is 16.8. The molecule has 10 nitrogen and oxygen atoms in total. The molecule has 0 radical (unpaired) electrons. The fourth-order valence-corrected chi connectivity index (χ4v) is 3.18. The minimum Gasteiger partial charge on any atom is -0.350 e. The lowest BCUT2D eigenvalue weighted by atomic mass is 10.00. The molecule has 4 heterocycles. The number of carbonyl (C=O) groups is 1. The molecule has 0 saturated carbocycles. The van der Waals surface area contributed by atoms with Crippen molar-refractivity contribution in [2.45, 2.75) is 25.8 Å². The monoisotopic (exact) mass is 382 g/mol. The van der Waals surface area contributed by atoms with Crippen LogP contribution < -0.4 is 10.6 Å². The molecule has 1 atom stereocenters. The number of hydrogen-bond donors (Lipinski definition) is 2. The van der Waals surface area contributed by atoms with Gasteiger partial charge in [0.15, 0.2) is 5.69 Å². The molecule has 4 rings (SSSR count). The highest BCUT2D eigenvalue weighted by molar-refractivity contribution is 5.91. The van der Waals surface area contributed by atoms with Gasteiger partial charge < -0.3 is 15.2 Å². The van der Waals surface area contributed by atoms with Crippen molar-refractivity contribution in [2.24, 2.45) is 5.92 Å². The van der Waals surface area contributed by atoms with Crippen molar-refractivity contribution < 1.29 is 9.32 Å². The van der Waals surface area contributed by atoms with E-state index in [0.717, 1.165) is 25.2 Å². The summed E-state index contributed by atoms with van der Waals surface area (Å²) in [6, 6.07) is 3.67. The fourth-order valence-electron chi connectivity index (χ4n) is 3.18. The summed E-state index contributed by atoms with van der Waals surface area (Å²) in [7, 11) is 0. The minimum absolute atomic E-state index is 0.264. The van der Waals surface area contributed by atoms with Gasteiger partial charge in [-0.1, -0.05) is 10.4 Å². The number of hydrogen-bond acceptors (Lipinski definition) is 8. The second-order valence-electron chi connectivity index (χ2n) is 6.80. The number of pyridine rings is 1. The van der Waals surface area contributed by atoms with Crippen molar-refractivity contribution in [3.05, 3.63) is 42.3 Å². The number of nitrogens with one attached hydrogen (secondary N) is 2. The quantitative estimate of drug-likeness (QED) is 0.612. The summed E-state index contributed by atoms with van der Waals surface area (Å²) in [5, 5.41) is 18.2. The van der Waals surface area contributed by atoms with Crippen molar-refractivity contribution in [3.63, 3.8) is 0 Å². The Morgan fingerprint density at radius 1 is 1.43 bits per heavy atom. The van der Waals surface area contributed by atoms with E-state index < -0.39 is 0 Å². The molecular formula is C18H22N8O2. The van der Waals surface area contributed by atoms with Gasteiger partial charge in [0, 0.05) is 37.5 Å². The standard InChI is InChI=1S/C18H22N8O2/c27-18(15-12-26(25-23-15)11-13-3-1-6-19-9-13)21-8-5-16-22-17(24-28-16)14-4-2-7-20-10-14/h2,4,7,10,12-13,19H,1,3,5-6,8-9,11H2,(H,21,27)/t13-/m1/s1. The van der Waals surface area contributed by atoms with E-state index in [1.807, 2.05) is 12.1 Å². The molecule has 0 bridgehead atoms. The van der Waals surface area contributed by atoms with Gasteiger partial charge in [-0.3, -0.25) is 14.5 Å². The van der Waals surface area contributed by atoms with Gasteiger partial charge in [-0.05, 0) is 44.0 Å². The molecule has 3 aromatic rings. The van der Waals surface area contributed by atoms with Gasteiger partial charge in [-0.2, -0.15) is 4.98 Å². The number of rotatable bonds is 7. The molecule has 0 spiro atoms. The maximum Gasteiger partial charge on any atom is 0.273 e. The van der Waals surface area contributed by atoms with Crippen LogP contribution in [0.3, 0.4) is 0 Å². The molecule has 146 valence electrons. The summed E-state index contributed by atoms with van der Waals surface area (Å²) < 4.78 is 6.96. The van der Waals surface area contributed by atoms with Crippen LogP contribution in [0.5, 0.6) is 0 Å². The third-order valence-electron chi connectivity index (χ3n) is 4.63. The molecule has 0 aliphatic carbocycles. The molecule has 10 heteroatoms. The van der Waals surface area contributed by atoms with Gasteiger partial charge in [0.25, 0.3) is 5.91 Å². The molecule has 0 aromatic carbocycles. The van der Waals surface area contributed by atoms with Crippen LogP contribution in [0.25, 0.3) is 11.4 Å². The van der Waals surface area contributed by atoms with Crippen LogP contribution in [0.2, 0.25) is 0 Å². The Bertz CT molecular complexity index is 901. The molecular weight excluding hydrogens is 360 g/mol. The Hall–Kier alpha value is -3.14. The van der Waals surface area contributed by atoms with Crippen LogP contribution in [0.1, 0.15) is 29.2 Å². The Labute approximate surface area is 161 Å². The van der Waals surface area contributed by atoms with Crippen LogP contribution in [0.15, 0.2) is 35.2 Å². The van der Waals surface area contributed by atoms with E-state index >= 15 is 0 Å². The Balaban J connectivity index is 1.25. The topological polar surface area (TPSA) is 124 Å². The molecule has 1 aliphatic rings. The molecule has 1 saturated heterocycles. The first-order chi connectivity index (χ1) is 13.8. The van der Waals surface area contributed by atoms with Gasteiger partial charge in [-0.15, -0.1) is 5.10 Å². The summed E-state index contributed by atoms with van der Waals surface area (Å²) >= 11 is 0. The van der Waals surface area contributed by atoms with E-state index in [0.29, 0.717) is 36.3 Å². The maximum absolute atomic E-state index is 12.3. The van der Waals surface area contributed by atoms with Crippen molar-refractivity contribution in [2.75, 3.05) is 19.6 Å². The van der Waals surface area contributed by atoms with Crippen molar-refractivity contribution in [1.29, 1.82) is 0 Å². The predicted octanol–water partition coefficient (Wildman–Crippen LogP) is 0.695. The van der Waals surface area contributed by atoms with Gasteiger partial charge in [0.05, 0.1) is 6.20 Å². The lowest BCUT2D eigenvalue weighted by Gasteiger charge is -2.22. The predicted molar refractivity (Wildman–Crippen MR) is 99.2 cm³/mol. The average Bonchev–Trinajstić information content (AvgIpc) is 3.39. The lowest BCUT2D eigenvalue weighted by molar-refractivity contribution is 0.0948. The van der Waals surface area contributed by atoms with E-state index in [1.54, 1.807) is 23.3 Å². The second kappa shape index (κ2) is 8.70. The van der Waals surface area contributed by atoms with E-state index in [9.17, 15) is 4.79 Å². The van der Waals surface area contributed by atoms with Gasteiger partial charge in [-0.25, -0.2) is 0 Å². The van der Waals surface area contributed by atoms with Crippen LogP contribution >= 0.6 is 0 Å². The third-order valence-corrected chi connectivity index (χ3v) is 4.63. The highest BCUT2D eigenvalue weighted by Crippen LogP contribution is 2.14. The van der Waals surface area contributed by atoms with Gasteiger partial charge in [0.1, 0.15) is 0 Å². The summed E-state index contributed by atoms with van der Waals surface area (Å²) in [6.45, 7) is 3.19. The minimum atomic E-state index is -0.264. The maximum atomic E-state index is 12.3. The number of amides is 1. The zero-order valence-corrected chi connectivity index (χ0v) is 15.4. The van der Waals surface area contributed by atoms with Crippen LogP contribution in [0.4, 0.5) is 0 Å². The SMILES string of the molecule is O=C(NCCc1nc(-c2cccnc2)no1)c1cn(C[C@@H]2CCCNC2)nn1. The lowest BCUT2D eigenvalue weighted by Crippen LogP contribution is -2.32. The summed E-state index contributed by atoms with van der Waals surface area (Å²) in [4.78, 5) is 20.6. The van der Waals surface area contributed by atoms with Crippen LogP contribution in [-0.4, -0.2) is 55.7 Å². The van der Waals surface area contributed by atoms with E-state index in [-0.39, 0.29) is 5.91 Å². The number of carbonyl (C=O) groups excluding carboxylic acids is 1. The van der Waals surface area contributed by atoms with E-state index in [1.165, 1.54) is 12.8 Å². The zero-order chi connectivity index (χ0) is 19.2. The second-order valence-corrected chi connectivity index (χ2v) is 6.80. The van der Waals surface area contributed by atoms with Gasteiger partial charge >= 0.3 is 0 Å². The number of piperidine rings is 1. The summed E-state index contributed by atoms with van der Waals surface area (Å²) in [5.74, 6) is 1.19. The molecule has 1 amide bonds.